The normalized spacial score (nSPS) is 13.6. The largest absolute Gasteiger partial charge is 0.466 e. The highest BCUT2D eigenvalue weighted by molar-refractivity contribution is 8.13. The predicted octanol–water partition coefficient (Wildman–Crippen LogP) is 3.18. The van der Waals surface area contributed by atoms with Gasteiger partial charge < -0.3 is 15.2 Å². The van der Waals surface area contributed by atoms with Crippen molar-refractivity contribution in [3.05, 3.63) is 23.4 Å². The van der Waals surface area contributed by atoms with Gasteiger partial charge in [0.25, 0.3) is 0 Å². The van der Waals surface area contributed by atoms with E-state index in [1.54, 1.807) is 33.8 Å². The molecule has 7 nitrogen and oxygen atoms in total. The monoisotopic (exact) mass is 396 g/mol. The number of hydrogen-bond acceptors (Lipinski definition) is 8. The summed E-state index contributed by atoms with van der Waals surface area (Å²) >= 11 is 1.06. The molecule has 8 heteroatoms. The van der Waals surface area contributed by atoms with E-state index < -0.39 is 23.5 Å². The second-order valence-electron chi connectivity index (χ2n) is 7.12. The number of hydrogen-bond donors (Lipinski definition) is 1. The summed E-state index contributed by atoms with van der Waals surface area (Å²) in [4.78, 5) is 39.9. The number of esters is 2. The number of rotatable bonds is 7. The third-order valence-corrected chi connectivity index (χ3v) is 4.65. The molecule has 0 spiro atoms. The Balaban J connectivity index is 3.08. The number of carbonyl (C=O) groups is 3. The number of pyridine rings is 1. The molecule has 150 valence electrons. The van der Waals surface area contributed by atoms with Crippen LogP contribution in [0.25, 0.3) is 0 Å². The molecule has 0 amide bonds. The Morgan fingerprint density at radius 2 is 1.89 bits per heavy atom. The highest BCUT2D eigenvalue weighted by atomic mass is 32.2. The van der Waals surface area contributed by atoms with Gasteiger partial charge in [-0.3, -0.25) is 9.59 Å². The highest BCUT2D eigenvalue weighted by Gasteiger charge is 2.30. The lowest BCUT2D eigenvalue weighted by Crippen LogP contribution is -2.27. The average molecular weight is 397 g/mol. The first-order valence-electron chi connectivity index (χ1n) is 8.76. The van der Waals surface area contributed by atoms with E-state index in [1.807, 2.05) is 6.92 Å². The molecular weight excluding hydrogens is 368 g/mol. The van der Waals surface area contributed by atoms with Gasteiger partial charge in [0, 0.05) is 12.7 Å². The van der Waals surface area contributed by atoms with Crippen molar-refractivity contribution in [1.82, 2.24) is 4.98 Å². The molecule has 1 rings (SSSR count). The van der Waals surface area contributed by atoms with E-state index in [0.29, 0.717) is 5.56 Å². The van der Waals surface area contributed by atoms with Crippen LogP contribution in [0.5, 0.6) is 0 Å². The summed E-state index contributed by atoms with van der Waals surface area (Å²) < 4.78 is 10.4. The zero-order valence-corrected chi connectivity index (χ0v) is 17.5. The second kappa shape index (κ2) is 9.73. The maximum atomic E-state index is 12.3. The molecule has 0 aromatic carbocycles. The molecular formula is C19H28N2O5S. The van der Waals surface area contributed by atoms with Gasteiger partial charge in [-0.15, -0.1) is 0 Å². The van der Waals surface area contributed by atoms with Gasteiger partial charge in [-0.25, -0.2) is 9.78 Å². The van der Waals surface area contributed by atoms with E-state index >= 15 is 0 Å². The van der Waals surface area contributed by atoms with E-state index in [-0.39, 0.29) is 34.9 Å². The van der Waals surface area contributed by atoms with E-state index in [1.165, 1.54) is 13.0 Å². The first-order valence-corrected chi connectivity index (χ1v) is 9.74. The van der Waals surface area contributed by atoms with Gasteiger partial charge in [0.15, 0.2) is 10.8 Å². The fourth-order valence-corrected chi connectivity index (χ4v) is 3.24. The lowest BCUT2D eigenvalue weighted by molar-refractivity contribution is -0.147. The molecule has 0 saturated carbocycles. The molecule has 2 atom stereocenters. The summed E-state index contributed by atoms with van der Waals surface area (Å²) in [6.45, 7) is 10.5. The molecule has 0 aliphatic heterocycles. The van der Waals surface area contributed by atoms with Crippen LogP contribution in [0.3, 0.4) is 0 Å². The minimum Gasteiger partial charge on any atom is -0.466 e. The number of thioether (sulfide) groups is 1. The van der Waals surface area contributed by atoms with Gasteiger partial charge in [0.1, 0.15) is 11.4 Å². The van der Waals surface area contributed by atoms with Crippen LogP contribution in [0.2, 0.25) is 0 Å². The maximum Gasteiger partial charge on any atom is 0.357 e. The van der Waals surface area contributed by atoms with Gasteiger partial charge in [-0.2, -0.15) is 0 Å². The smallest absolute Gasteiger partial charge is 0.357 e. The summed E-state index contributed by atoms with van der Waals surface area (Å²) in [5.74, 6) is -1.43. The van der Waals surface area contributed by atoms with Crippen LogP contribution in [-0.2, 0) is 19.1 Å². The third kappa shape index (κ3) is 7.21. The lowest BCUT2D eigenvalue weighted by Gasteiger charge is -2.23. The van der Waals surface area contributed by atoms with E-state index in [9.17, 15) is 14.4 Å². The molecule has 1 aromatic rings. The van der Waals surface area contributed by atoms with E-state index in [2.05, 4.69) is 4.98 Å². The van der Waals surface area contributed by atoms with Gasteiger partial charge in [0.05, 0.1) is 12.5 Å². The van der Waals surface area contributed by atoms with E-state index in [0.717, 1.165) is 11.8 Å². The molecule has 0 bridgehead atoms. The summed E-state index contributed by atoms with van der Waals surface area (Å²) in [7, 11) is 0. The summed E-state index contributed by atoms with van der Waals surface area (Å²) in [6.07, 6.45) is 0. The van der Waals surface area contributed by atoms with Gasteiger partial charge in [0.2, 0.25) is 0 Å². The standard InChI is InChI=1S/C19H28N2O5S/c1-7-25-17(23)14(10-27-12(3)22)11(2)13-8-9-15(21-16(13)20)18(24)26-19(4,5)6/h8-9,11,14H,7,10H2,1-6H3,(H2,20,21). The van der Waals surface area contributed by atoms with Crippen LogP contribution in [0.15, 0.2) is 12.1 Å². The first kappa shape index (κ1) is 23.0. The van der Waals surface area contributed by atoms with Gasteiger partial charge in [-0.05, 0) is 45.2 Å². The molecule has 0 aliphatic carbocycles. The maximum absolute atomic E-state index is 12.3. The minimum absolute atomic E-state index is 0.0807. The highest BCUT2D eigenvalue weighted by Crippen LogP contribution is 2.31. The number of nitrogens with two attached hydrogens (primary N) is 1. The molecule has 27 heavy (non-hydrogen) atoms. The molecule has 1 aromatic heterocycles. The Morgan fingerprint density at radius 1 is 1.26 bits per heavy atom. The molecule has 0 radical (unpaired) electrons. The second-order valence-corrected chi connectivity index (χ2v) is 8.32. The molecule has 2 unspecified atom stereocenters. The third-order valence-electron chi connectivity index (χ3n) is 3.72. The van der Waals surface area contributed by atoms with Crippen molar-refractivity contribution < 1.29 is 23.9 Å². The molecule has 1 heterocycles. The lowest BCUT2D eigenvalue weighted by atomic mass is 9.89. The van der Waals surface area contributed by atoms with Crippen LogP contribution in [0.4, 0.5) is 5.82 Å². The summed E-state index contributed by atoms with van der Waals surface area (Å²) in [5, 5.41) is -0.0807. The molecule has 0 aliphatic rings. The van der Waals surface area contributed by atoms with Crippen molar-refractivity contribution in [2.45, 2.75) is 53.1 Å². The average Bonchev–Trinajstić information content (AvgIpc) is 2.53. The van der Waals surface area contributed by atoms with Crippen molar-refractivity contribution in [2.75, 3.05) is 18.1 Å². The number of anilines is 1. The number of nitrogens with zero attached hydrogens (tertiary/aromatic N) is 1. The number of aromatic nitrogens is 1. The zero-order chi connectivity index (χ0) is 20.8. The SMILES string of the molecule is CCOC(=O)C(CSC(C)=O)C(C)c1ccc(C(=O)OC(C)(C)C)nc1N. The van der Waals surface area contributed by atoms with Crippen molar-refractivity contribution >= 4 is 34.6 Å². The summed E-state index contributed by atoms with van der Waals surface area (Å²) in [6, 6.07) is 3.19. The van der Waals surface area contributed by atoms with Crippen LogP contribution in [0.1, 0.15) is 63.5 Å². The fourth-order valence-electron chi connectivity index (χ4n) is 2.40. The Kier molecular flexibility index (Phi) is 8.27. The van der Waals surface area contributed by atoms with E-state index in [4.69, 9.17) is 15.2 Å². The van der Waals surface area contributed by atoms with Crippen molar-refractivity contribution in [2.24, 2.45) is 5.92 Å². The molecule has 0 saturated heterocycles. The Bertz CT molecular complexity index is 700. The van der Waals surface area contributed by atoms with Gasteiger partial charge in [-0.1, -0.05) is 24.8 Å². The van der Waals surface area contributed by atoms with Crippen LogP contribution < -0.4 is 5.73 Å². The summed E-state index contributed by atoms with van der Waals surface area (Å²) in [5.41, 5.74) is 6.12. The van der Waals surface area contributed by atoms with Gasteiger partial charge >= 0.3 is 11.9 Å². The Morgan fingerprint density at radius 3 is 2.37 bits per heavy atom. The van der Waals surface area contributed by atoms with Crippen LogP contribution >= 0.6 is 11.8 Å². The van der Waals surface area contributed by atoms with Crippen molar-refractivity contribution in [3.8, 4) is 0 Å². The Labute approximate surface area is 164 Å². The quantitative estimate of drug-likeness (QED) is 0.700. The first-order chi connectivity index (χ1) is 12.5. The zero-order valence-electron chi connectivity index (χ0n) is 16.7. The fraction of sp³-hybridized carbons (Fsp3) is 0.579. The number of carbonyl (C=O) groups excluding carboxylic acids is 3. The molecule has 2 N–H and O–H groups in total. The Hall–Kier alpha value is -2.09. The van der Waals surface area contributed by atoms with Crippen molar-refractivity contribution in [1.29, 1.82) is 0 Å². The van der Waals surface area contributed by atoms with Crippen LogP contribution in [-0.4, -0.2) is 40.0 Å². The predicted molar refractivity (Wildman–Crippen MR) is 105 cm³/mol. The topological polar surface area (TPSA) is 109 Å². The number of nitrogen functional groups attached to an aromatic ring is 1. The minimum atomic E-state index is -0.640. The van der Waals surface area contributed by atoms with Crippen LogP contribution in [0, 0.1) is 5.92 Å². The number of ether oxygens (including phenoxy) is 2. The van der Waals surface area contributed by atoms with Crippen molar-refractivity contribution in [3.63, 3.8) is 0 Å². The molecule has 0 fully saturated rings.